The molecule has 0 aliphatic rings. The number of nitrogens with zero attached hydrogens (tertiary/aromatic N) is 5. The fourth-order valence-corrected chi connectivity index (χ4v) is 2.08. The van der Waals surface area contributed by atoms with Crippen molar-refractivity contribution < 1.29 is 0 Å². The molecule has 2 heterocycles. The Labute approximate surface area is 120 Å². The molecule has 0 fully saturated rings. The highest BCUT2D eigenvalue weighted by atomic mass is 15.2. The maximum Gasteiger partial charge on any atom is 0.225 e. The van der Waals surface area contributed by atoms with Crippen LogP contribution in [0.15, 0.2) is 24.7 Å². The third-order valence-electron chi connectivity index (χ3n) is 3.41. The molecule has 0 aliphatic carbocycles. The van der Waals surface area contributed by atoms with Crippen molar-refractivity contribution in [3.63, 3.8) is 0 Å². The maximum atomic E-state index is 4.60. The van der Waals surface area contributed by atoms with Crippen LogP contribution in [0.2, 0.25) is 0 Å². The Morgan fingerprint density at radius 3 is 2.70 bits per heavy atom. The Morgan fingerprint density at radius 2 is 2.05 bits per heavy atom. The van der Waals surface area contributed by atoms with E-state index in [9.17, 15) is 0 Å². The summed E-state index contributed by atoms with van der Waals surface area (Å²) >= 11 is 0. The Balaban J connectivity index is 1.90. The van der Waals surface area contributed by atoms with E-state index in [2.05, 4.69) is 38.3 Å². The molecule has 2 aromatic rings. The highest BCUT2D eigenvalue weighted by Gasteiger charge is 2.08. The number of hydrogen-bond donors (Lipinski definition) is 0. The van der Waals surface area contributed by atoms with E-state index >= 15 is 0 Å². The molecule has 0 amide bonds. The fourth-order valence-electron chi connectivity index (χ4n) is 2.08. The van der Waals surface area contributed by atoms with E-state index < -0.39 is 0 Å². The minimum Gasteiger partial charge on any atom is -0.344 e. The number of anilines is 1. The summed E-state index contributed by atoms with van der Waals surface area (Å²) in [6, 6.07) is 1.98. The predicted octanol–water partition coefficient (Wildman–Crippen LogP) is 2.40. The van der Waals surface area contributed by atoms with Crippen molar-refractivity contribution in [3.05, 3.63) is 36.2 Å². The smallest absolute Gasteiger partial charge is 0.225 e. The van der Waals surface area contributed by atoms with Gasteiger partial charge in [-0.25, -0.2) is 15.0 Å². The van der Waals surface area contributed by atoms with Crippen LogP contribution in [0.25, 0.3) is 0 Å². The van der Waals surface area contributed by atoms with Gasteiger partial charge in [0, 0.05) is 51.3 Å². The molecule has 2 rings (SSSR count). The molecule has 5 nitrogen and oxygen atoms in total. The number of imidazole rings is 1. The molecule has 0 aliphatic heterocycles. The van der Waals surface area contributed by atoms with Gasteiger partial charge in [-0.05, 0) is 18.4 Å². The SMILES string of the molecule is CC(C)c1ccnc(N(C)CCCc2nccn2C)n1. The number of rotatable bonds is 6. The van der Waals surface area contributed by atoms with Gasteiger partial charge in [-0.2, -0.15) is 0 Å². The molecule has 0 bridgehead atoms. The first-order valence-electron chi connectivity index (χ1n) is 7.08. The number of aryl methyl sites for hydroxylation is 2. The summed E-state index contributed by atoms with van der Waals surface area (Å²) in [5.74, 6) is 2.35. The molecule has 0 saturated carbocycles. The van der Waals surface area contributed by atoms with Crippen LogP contribution in [0.3, 0.4) is 0 Å². The highest BCUT2D eigenvalue weighted by molar-refractivity contribution is 5.29. The zero-order valence-corrected chi connectivity index (χ0v) is 12.7. The summed E-state index contributed by atoms with van der Waals surface area (Å²) in [6.07, 6.45) is 7.67. The molecule has 5 heteroatoms. The van der Waals surface area contributed by atoms with E-state index in [4.69, 9.17) is 0 Å². The molecule has 2 aromatic heterocycles. The van der Waals surface area contributed by atoms with Crippen molar-refractivity contribution >= 4 is 5.95 Å². The third-order valence-corrected chi connectivity index (χ3v) is 3.41. The number of aromatic nitrogens is 4. The average molecular weight is 273 g/mol. The Hall–Kier alpha value is -1.91. The summed E-state index contributed by atoms with van der Waals surface area (Å²) < 4.78 is 2.07. The molecule has 20 heavy (non-hydrogen) atoms. The Bertz CT molecular complexity index is 547. The lowest BCUT2D eigenvalue weighted by Gasteiger charge is -2.18. The van der Waals surface area contributed by atoms with Crippen LogP contribution in [0.4, 0.5) is 5.95 Å². The Morgan fingerprint density at radius 1 is 1.25 bits per heavy atom. The van der Waals surface area contributed by atoms with E-state index in [1.54, 1.807) is 0 Å². The lowest BCUT2D eigenvalue weighted by atomic mass is 10.1. The van der Waals surface area contributed by atoms with Crippen molar-refractivity contribution in [2.75, 3.05) is 18.5 Å². The molecule has 0 atom stereocenters. The molecule has 0 spiro atoms. The lowest BCUT2D eigenvalue weighted by Crippen LogP contribution is -2.22. The topological polar surface area (TPSA) is 46.8 Å². The van der Waals surface area contributed by atoms with Crippen LogP contribution < -0.4 is 4.90 Å². The van der Waals surface area contributed by atoms with E-state index in [-0.39, 0.29) is 0 Å². The average Bonchev–Trinajstić information content (AvgIpc) is 2.84. The first-order chi connectivity index (χ1) is 9.58. The zero-order valence-electron chi connectivity index (χ0n) is 12.7. The first-order valence-corrected chi connectivity index (χ1v) is 7.08. The van der Waals surface area contributed by atoms with Crippen molar-refractivity contribution in [2.24, 2.45) is 7.05 Å². The largest absolute Gasteiger partial charge is 0.344 e. The van der Waals surface area contributed by atoms with Crippen LogP contribution in [0.1, 0.15) is 37.7 Å². The van der Waals surface area contributed by atoms with Crippen LogP contribution in [-0.4, -0.2) is 33.1 Å². The van der Waals surface area contributed by atoms with Gasteiger partial charge in [-0.3, -0.25) is 0 Å². The predicted molar refractivity (Wildman–Crippen MR) is 80.9 cm³/mol. The number of hydrogen-bond acceptors (Lipinski definition) is 4. The summed E-state index contributed by atoms with van der Waals surface area (Å²) in [6.45, 7) is 5.22. The Kier molecular flexibility index (Phi) is 4.71. The van der Waals surface area contributed by atoms with Gasteiger partial charge in [0.05, 0.1) is 0 Å². The van der Waals surface area contributed by atoms with Gasteiger partial charge in [-0.1, -0.05) is 13.8 Å². The molecule has 0 N–H and O–H groups in total. The maximum absolute atomic E-state index is 4.60. The van der Waals surface area contributed by atoms with Gasteiger partial charge < -0.3 is 9.47 Å². The third kappa shape index (κ3) is 3.56. The molecular weight excluding hydrogens is 250 g/mol. The van der Waals surface area contributed by atoms with Gasteiger partial charge in [0.25, 0.3) is 0 Å². The molecule has 108 valence electrons. The fraction of sp³-hybridized carbons (Fsp3) is 0.533. The van der Waals surface area contributed by atoms with Crippen molar-refractivity contribution in [1.29, 1.82) is 0 Å². The monoisotopic (exact) mass is 273 g/mol. The standard InChI is InChI=1S/C15H23N5/c1-12(2)13-7-8-17-15(18-13)20(4)10-5-6-14-16-9-11-19(14)3/h7-9,11-12H,5-6,10H2,1-4H3. The van der Waals surface area contributed by atoms with Crippen LogP contribution in [0, 0.1) is 0 Å². The first kappa shape index (κ1) is 14.5. The van der Waals surface area contributed by atoms with Gasteiger partial charge in [0.1, 0.15) is 5.82 Å². The summed E-state index contributed by atoms with van der Waals surface area (Å²) in [5, 5.41) is 0. The summed E-state index contributed by atoms with van der Waals surface area (Å²) in [4.78, 5) is 15.4. The van der Waals surface area contributed by atoms with Gasteiger partial charge in [-0.15, -0.1) is 0 Å². The second kappa shape index (κ2) is 6.50. The van der Waals surface area contributed by atoms with Gasteiger partial charge in [0.15, 0.2) is 0 Å². The second-order valence-electron chi connectivity index (χ2n) is 5.42. The van der Waals surface area contributed by atoms with E-state index in [1.165, 1.54) is 0 Å². The summed E-state index contributed by atoms with van der Waals surface area (Å²) in [7, 11) is 4.07. The second-order valence-corrected chi connectivity index (χ2v) is 5.42. The minimum atomic E-state index is 0.428. The normalized spacial score (nSPS) is 11.1. The highest BCUT2D eigenvalue weighted by Crippen LogP contribution is 2.14. The van der Waals surface area contributed by atoms with Gasteiger partial charge in [0.2, 0.25) is 5.95 Å². The van der Waals surface area contributed by atoms with Gasteiger partial charge >= 0.3 is 0 Å². The summed E-state index contributed by atoms with van der Waals surface area (Å²) in [5.41, 5.74) is 1.09. The van der Waals surface area contributed by atoms with E-state index in [0.717, 1.165) is 36.9 Å². The zero-order chi connectivity index (χ0) is 14.5. The van der Waals surface area contributed by atoms with Crippen LogP contribution >= 0.6 is 0 Å². The van der Waals surface area contributed by atoms with Crippen molar-refractivity contribution in [3.8, 4) is 0 Å². The van der Waals surface area contributed by atoms with Crippen LogP contribution in [-0.2, 0) is 13.5 Å². The molecule has 0 radical (unpaired) electrons. The molecule has 0 aromatic carbocycles. The lowest BCUT2D eigenvalue weighted by molar-refractivity contribution is 0.702. The van der Waals surface area contributed by atoms with Crippen molar-refractivity contribution in [1.82, 2.24) is 19.5 Å². The van der Waals surface area contributed by atoms with E-state index in [1.807, 2.05) is 38.8 Å². The molecular formula is C15H23N5. The van der Waals surface area contributed by atoms with Crippen molar-refractivity contribution in [2.45, 2.75) is 32.6 Å². The molecule has 0 unspecified atom stereocenters. The molecule has 0 saturated heterocycles. The van der Waals surface area contributed by atoms with E-state index in [0.29, 0.717) is 5.92 Å². The minimum absolute atomic E-state index is 0.428. The quantitative estimate of drug-likeness (QED) is 0.811. The van der Waals surface area contributed by atoms with Crippen LogP contribution in [0.5, 0.6) is 0 Å².